The Balaban J connectivity index is 2.04. The van der Waals surface area contributed by atoms with Crippen molar-refractivity contribution in [2.45, 2.75) is 0 Å². The van der Waals surface area contributed by atoms with Crippen molar-refractivity contribution in [3.63, 3.8) is 0 Å². The molecule has 102 valence electrons. The van der Waals surface area contributed by atoms with E-state index in [4.69, 9.17) is 5.26 Å². The maximum Gasteiger partial charge on any atom is 0.133 e. The molecule has 2 aromatic carbocycles. The van der Waals surface area contributed by atoms with Gasteiger partial charge in [-0.3, -0.25) is 0 Å². The molecular formula is C16H8F2N2S. The molecule has 0 unspecified atom stereocenters. The van der Waals surface area contributed by atoms with Crippen LogP contribution >= 0.6 is 11.3 Å². The molecule has 0 N–H and O–H groups in total. The minimum atomic E-state index is -0.511. The fourth-order valence-electron chi connectivity index (χ4n) is 1.94. The summed E-state index contributed by atoms with van der Waals surface area (Å²) in [5.74, 6) is -1.02. The molecule has 2 nitrogen and oxygen atoms in total. The molecule has 0 amide bonds. The van der Waals surface area contributed by atoms with Gasteiger partial charge >= 0.3 is 0 Å². The van der Waals surface area contributed by atoms with Gasteiger partial charge in [0.1, 0.15) is 16.6 Å². The van der Waals surface area contributed by atoms with Crippen LogP contribution in [0.25, 0.3) is 21.8 Å². The van der Waals surface area contributed by atoms with Crippen LogP contribution in [-0.2, 0) is 0 Å². The number of halogens is 2. The Bertz CT molecular complexity index is 849. The Labute approximate surface area is 123 Å². The van der Waals surface area contributed by atoms with Gasteiger partial charge in [0.25, 0.3) is 0 Å². The monoisotopic (exact) mass is 298 g/mol. The van der Waals surface area contributed by atoms with E-state index < -0.39 is 11.6 Å². The van der Waals surface area contributed by atoms with E-state index in [-0.39, 0.29) is 5.56 Å². The zero-order chi connectivity index (χ0) is 14.8. The standard InChI is InChI=1S/C16H8F2N2S/c17-12-4-5-14(18)13(7-12)16-20-15(9-21-16)11-3-1-2-10(6-11)8-19/h1-7,9H. The Morgan fingerprint density at radius 2 is 1.95 bits per heavy atom. The van der Waals surface area contributed by atoms with Crippen molar-refractivity contribution in [2.75, 3.05) is 0 Å². The maximum atomic E-state index is 13.7. The van der Waals surface area contributed by atoms with Gasteiger partial charge in [0.05, 0.1) is 17.3 Å². The Morgan fingerprint density at radius 1 is 1.10 bits per heavy atom. The van der Waals surface area contributed by atoms with Gasteiger partial charge in [-0.1, -0.05) is 12.1 Å². The molecule has 3 aromatic rings. The highest BCUT2D eigenvalue weighted by molar-refractivity contribution is 7.13. The van der Waals surface area contributed by atoms with Crippen molar-refractivity contribution in [2.24, 2.45) is 0 Å². The highest BCUT2D eigenvalue weighted by Crippen LogP contribution is 2.31. The summed E-state index contributed by atoms with van der Waals surface area (Å²) in [6.45, 7) is 0. The molecule has 3 rings (SSSR count). The number of hydrogen-bond donors (Lipinski definition) is 0. The minimum absolute atomic E-state index is 0.141. The summed E-state index contributed by atoms with van der Waals surface area (Å²) in [6.07, 6.45) is 0. The van der Waals surface area contributed by atoms with E-state index in [0.717, 1.165) is 23.8 Å². The molecule has 1 heterocycles. The van der Waals surface area contributed by atoms with E-state index in [1.165, 1.54) is 11.3 Å². The summed E-state index contributed by atoms with van der Waals surface area (Å²) < 4.78 is 27.0. The molecular weight excluding hydrogens is 290 g/mol. The van der Waals surface area contributed by atoms with E-state index in [0.29, 0.717) is 16.3 Å². The molecule has 0 saturated carbocycles. The van der Waals surface area contributed by atoms with Crippen LogP contribution in [-0.4, -0.2) is 4.98 Å². The molecule has 0 atom stereocenters. The molecule has 5 heteroatoms. The van der Waals surface area contributed by atoms with E-state index in [1.54, 1.807) is 23.6 Å². The first kappa shape index (κ1) is 13.4. The lowest BCUT2D eigenvalue weighted by Gasteiger charge is -1.99. The van der Waals surface area contributed by atoms with Gasteiger partial charge in [-0.15, -0.1) is 11.3 Å². The number of benzene rings is 2. The fourth-order valence-corrected chi connectivity index (χ4v) is 2.79. The summed E-state index contributed by atoms with van der Waals surface area (Å²) >= 11 is 1.23. The predicted octanol–water partition coefficient (Wildman–Crippen LogP) is 4.63. The third kappa shape index (κ3) is 2.67. The summed E-state index contributed by atoms with van der Waals surface area (Å²) in [5, 5.41) is 11.1. The lowest BCUT2D eigenvalue weighted by molar-refractivity contribution is 0.603. The third-order valence-corrected chi connectivity index (χ3v) is 3.83. The lowest BCUT2D eigenvalue weighted by atomic mass is 10.1. The second-order valence-electron chi connectivity index (χ2n) is 4.35. The first-order chi connectivity index (χ1) is 10.2. The number of aromatic nitrogens is 1. The molecule has 1 aromatic heterocycles. The first-order valence-electron chi connectivity index (χ1n) is 6.09. The van der Waals surface area contributed by atoms with Crippen LogP contribution in [0.5, 0.6) is 0 Å². The molecule has 0 aliphatic heterocycles. The molecule has 0 aliphatic carbocycles. The number of rotatable bonds is 2. The van der Waals surface area contributed by atoms with Crippen molar-refractivity contribution >= 4 is 11.3 Å². The zero-order valence-electron chi connectivity index (χ0n) is 10.7. The molecule has 0 spiro atoms. The van der Waals surface area contributed by atoms with Gasteiger partial charge in [-0.05, 0) is 30.3 Å². The van der Waals surface area contributed by atoms with Crippen molar-refractivity contribution in [1.29, 1.82) is 5.26 Å². The summed E-state index contributed by atoms with van der Waals surface area (Å²) in [5.41, 5.74) is 2.07. The van der Waals surface area contributed by atoms with Crippen molar-refractivity contribution in [1.82, 2.24) is 4.98 Å². The highest BCUT2D eigenvalue weighted by Gasteiger charge is 2.12. The van der Waals surface area contributed by atoms with E-state index in [1.807, 2.05) is 6.07 Å². The smallest absolute Gasteiger partial charge is 0.133 e. The maximum absolute atomic E-state index is 13.7. The van der Waals surface area contributed by atoms with Crippen LogP contribution in [0.3, 0.4) is 0 Å². The van der Waals surface area contributed by atoms with E-state index in [9.17, 15) is 8.78 Å². The number of thiazole rings is 1. The molecule has 0 radical (unpaired) electrons. The quantitative estimate of drug-likeness (QED) is 0.691. The summed E-state index contributed by atoms with van der Waals surface area (Å²) in [7, 11) is 0. The second-order valence-corrected chi connectivity index (χ2v) is 5.21. The highest BCUT2D eigenvalue weighted by atomic mass is 32.1. The fraction of sp³-hybridized carbons (Fsp3) is 0. The van der Waals surface area contributed by atoms with Crippen molar-refractivity contribution in [3.8, 4) is 27.9 Å². The van der Waals surface area contributed by atoms with Crippen LogP contribution < -0.4 is 0 Å². The van der Waals surface area contributed by atoms with E-state index >= 15 is 0 Å². The average Bonchev–Trinajstić information content (AvgIpc) is 2.99. The molecule has 21 heavy (non-hydrogen) atoms. The van der Waals surface area contributed by atoms with Gasteiger partial charge in [0.2, 0.25) is 0 Å². The number of nitriles is 1. The average molecular weight is 298 g/mol. The minimum Gasteiger partial charge on any atom is -0.236 e. The summed E-state index contributed by atoms with van der Waals surface area (Å²) in [4.78, 5) is 4.33. The largest absolute Gasteiger partial charge is 0.236 e. The Morgan fingerprint density at radius 3 is 2.76 bits per heavy atom. The number of nitrogens with zero attached hydrogens (tertiary/aromatic N) is 2. The van der Waals surface area contributed by atoms with Crippen molar-refractivity contribution in [3.05, 3.63) is 65.0 Å². The van der Waals surface area contributed by atoms with Gasteiger partial charge in [0.15, 0.2) is 0 Å². The van der Waals surface area contributed by atoms with Gasteiger partial charge < -0.3 is 0 Å². The van der Waals surface area contributed by atoms with Crippen LogP contribution in [0.15, 0.2) is 47.8 Å². The van der Waals surface area contributed by atoms with Crippen LogP contribution in [0.4, 0.5) is 8.78 Å². The normalized spacial score (nSPS) is 10.3. The number of hydrogen-bond acceptors (Lipinski definition) is 3. The zero-order valence-corrected chi connectivity index (χ0v) is 11.5. The van der Waals surface area contributed by atoms with Crippen molar-refractivity contribution < 1.29 is 8.78 Å². The lowest BCUT2D eigenvalue weighted by Crippen LogP contribution is -1.86. The van der Waals surface area contributed by atoms with E-state index in [2.05, 4.69) is 11.1 Å². The van der Waals surface area contributed by atoms with Crippen LogP contribution in [0.1, 0.15) is 5.56 Å². The Kier molecular flexibility index (Phi) is 3.46. The summed E-state index contributed by atoms with van der Waals surface area (Å²) in [6, 6.07) is 12.3. The van der Waals surface area contributed by atoms with Crippen LogP contribution in [0, 0.1) is 23.0 Å². The molecule has 0 fully saturated rings. The van der Waals surface area contributed by atoms with Crippen LogP contribution in [0.2, 0.25) is 0 Å². The molecule has 0 bridgehead atoms. The predicted molar refractivity (Wildman–Crippen MR) is 77.6 cm³/mol. The Hall–Kier alpha value is -2.58. The molecule has 0 aliphatic rings. The second kappa shape index (κ2) is 5.43. The SMILES string of the molecule is N#Cc1cccc(-c2csc(-c3cc(F)ccc3F)n2)c1. The van der Waals surface area contributed by atoms with Gasteiger partial charge in [-0.2, -0.15) is 5.26 Å². The first-order valence-corrected chi connectivity index (χ1v) is 6.97. The molecule has 0 saturated heterocycles. The topological polar surface area (TPSA) is 36.7 Å². The van der Waals surface area contributed by atoms with Gasteiger partial charge in [0, 0.05) is 16.5 Å². The van der Waals surface area contributed by atoms with Gasteiger partial charge in [-0.25, -0.2) is 13.8 Å². The third-order valence-electron chi connectivity index (χ3n) is 2.95.